The zero-order chi connectivity index (χ0) is 59.9. The lowest BCUT2D eigenvalue weighted by molar-refractivity contribution is -0.167. The molecule has 0 amide bonds. The van der Waals surface area contributed by atoms with Crippen molar-refractivity contribution in [3.63, 3.8) is 0 Å². The first-order valence-corrected chi connectivity index (χ1v) is 35.0. The molecule has 6 heteroatoms. The number of esters is 3. The topological polar surface area (TPSA) is 78.9 Å². The quantitative estimate of drug-likeness (QED) is 0.0261. The molecule has 1 atom stereocenters. The normalized spacial score (nSPS) is 12.9. The number of hydrogen-bond donors (Lipinski definition) is 0. The Kier molecular flexibility index (Phi) is 66.7. The second kappa shape index (κ2) is 70.3. The number of hydrogen-bond acceptors (Lipinski definition) is 6. The maximum atomic E-state index is 12.9. The minimum Gasteiger partial charge on any atom is -0.462 e. The minimum absolute atomic E-state index is 0.0921. The maximum Gasteiger partial charge on any atom is 0.306 e. The molecule has 0 aromatic carbocycles. The first-order chi connectivity index (χ1) is 41.0. The summed E-state index contributed by atoms with van der Waals surface area (Å²) in [7, 11) is 0. The van der Waals surface area contributed by atoms with Crippen LogP contribution >= 0.6 is 0 Å². The Labute approximate surface area is 513 Å². The van der Waals surface area contributed by atoms with Gasteiger partial charge in [0.15, 0.2) is 6.10 Å². The molecule has 0 aromatic rings. The Balaban J connectivity index is 4.27. The fourth-order valence-corrected chi connectivity index (χ4v) is 9.75. The third-order valence-electron chi connectivity index (χ3n) is 14.9. The average molecular weight is 1150 g/mol. The van der Waals surface area contributed by atoms with E-state index in [0.717, 1.165) is 116 Å². The number of ether oxygens (including phenoxy) is 3. The number of unbranched alkanes of at least 4 members (excludes halogenated alkanes) is 32. The zero-order valence-electron chi connectivity index (χ0n) is 54.4. The van der Waals surface area contributed by atoms with E-state index in [1.54, 1.807) is 0 Å². The lowest BCUT2D eigenvalue weighted by atomic mass is 10.0. The molecule has 0 saturated heterocycles. The van der Waals surface area contributed by atoms with Crippen LogP contribution in [0, 0.1) is 0 Å². The first-order valence-electron chi connectivity index (χ1n) is 35.0. The molecule has 0 bridgehead atoms. The van der Waals surface area contributed by atoms with Crippen LogP contribution in [0.5, 0.6) is 0 Å². The summed E-state index contributed by atoms with van der Waals surface area (Å²) in [5.41, 5.74) is 0. The molecule has 0 spiro atoms. The van der Waals surface area contributed by atoms with Gasteiger partial charge < -0.3 is 14.2 Å². The van der Waals surface area contributed by atoms with Gasteiger partial charge in [0.1, 0.15) is 13.2 Å². The van der Waals surface area contributed by atoms with Crippen LogP contribution < -0.4 is 0 Å². The summed E-state index contributed by atoms with van der Waals surface area (Å²) in [6.45, 7) is 6.38. The molecule has 0 aliphatic heterocycles. The average Bonchev–Trinajstić information content (AvgIpc) is 3.49. The maximum absolute atomic E-state index is 12.9. The fraction of sp³-hybridized carbons (Fsp3) is 0.701. The summed E-state index contributed by atoms with van der Waals surface area (Å²) in [6, 6.07) is 0. The fourth-order valence-electron chi connectivity index (χ4n) is 9.75. The molecule has 6 nitrogen and oxygen atoms in total. The van der Waals surface area contributed by atoms with Crippen molar-refractivity contribution in [3.05, 3.63) is 122 Å². The van der Waals surface area contributed by atoms with Crippen molar-refractivity contribution >= 4 is 17.9 Å². The summed E-state index contributed by atoms with van der Waals surface area (Å²) < 4.78 is 16.9. The highest BCUT2D eigenvalue weighted by atomic mass is 16.6. The lowest BCUT2D eigenvalue weighted by Crippen LogP contribution is -2.30. The predicted molar refractivity (Wildman–Crippen MR) is 362 cm³/mol. The van der Waals surface area contributed by atoms with Crippen molar-refractivity contribution in [2.24, 2.45) is 0 Å². The van der Waals surface area contributed by atoms with Gasteiger partial charge in [0.2, 0.25) is 0 Å². The molecule has 1 unspecified atom stereocenters. The van der Waals surface area contributed by atoms with Crippen LogP contribution in [0.25, 0.3) is 0 Å². The van der Waals surface area contributed by atoms with Crippen molar-refractivity contribution in [3.8, 4) is 0 Å². The zero-order valence-corrected chi connectivity index (χ0v) is 54.4. The summed E-state index contributed by atoms with van der Waals surface area (Å²) in [5, 5.41) is 0. The molecular formula is C77H130O6. The summed E-state index contributed by atoms with van der Waals surface area (Å²) in [6.07, 6.45) is 98.0. The van der Waals surface area contributed by atoms with Gasteiger partial charge in [-0.2, -0.15) is 0 Å². The van der Waals surface area contributed by atoms with Gasteiger partial charge in [-0.05, 0) is 128 Å². The van der Waals surface area contributed by atoms with Gasteiger partial charge in [-0.25, -0.2) is 0 Å². The Morgan fingerprint density at radius 3 is 0.759 bits per heavy atom. The Hall–Kier alpha value is -4.19. The van der Waals surface area contributed by atoms with Crippen LogP contribution in [0.2, 0.25) is 0 Å². The van der Waals surface area contributed by atoms with Gasteiger partial charge in [-0.3, -0.25) is 14.4 Å². The van der Waals surface area contributed by atoms with E-state index < -0.39 is 6.10 Å². The smallest absolute Gasteiger partial charge is 0.306 e. The van der Waals surface area contributed by atoms with E-state index in [1.165, 1.54) is 173 Å². The molecule has 474 valence electrons. The van der Waals surface area contributed by atoms with Crippen LogP contribution in [0.4, 0.5) is 0 Å². The van der Waals surface area contributed by atoms with Gasteiger partial charge in [0.05, 0.1) is 0 Å². The molecule has 0 aromatic heterocycles. The highest BCUT2D eigenvalue weighted by Crippen LogP contribution is 2.17. The molecule has 0 aliphatic rings. The van der Waals surface area contributed by atoms with Gasteiger partial charge >= 0.3 is 17.9 Å². The molecule has 83 heavy (non-hydrogen) atoms. The number of allylic oxidation sites excluding steroid dienone is 20. The van der Waals surface area contributed by atoms with Gasteiger partial charge in [-0.1, -0.05) is 303 Å². The number of carbonyl (C=O) groups is 3. The van der Waals surface area contributed by atoms with E-state index in [2.05, 4.69) is 142 Å². The van der Waals surface area contributed by atoms with E-state index in [-0.39, 0.29) is 31.1 Å². The van der Waals surface area contributed by atoms with E-state index in [9.17, 15) is 14.4 Å². The predicted octanol–water partition coefficient (Wildman–Crippen LogP) is 24.3. The minimum atomic E-state index is -0.800. The monoisotopic (exact) mass is 1150 g/mol. The van der Waals surface area contributed by atoms with Crippen molar-refractivity contribution in [1.82, 2.24) is 0 Å². The number of rotatable bonds is 63. The highest BCUT2D eigenvalue weighted by Gasteiger charge is 2.19. The highest BCUT2D eigenvalue weighted by molar-refractivity contribution is 5.71. The van der Waals surface area contributed by atoms with Crippen molar-refractivity contribution in [2.75, 3.05) is 13.2 Å². The number of carbonyl (C=O) groups excluding carboxylic acids is 3. The summed E-state index contributed by atoms with van der Waals surface area (Å²) >= 11 is 0. The molecule has 0 heterocycles. The van der Waals surface area contributed by atoms with E-state index >= 15 is 0 Å². The molecule has 0 aliphatic carbocycles. The largest absolute Gasteiger partial charge is 0.462 e. The third-order valence-corrected chi connectivity index (χ3v) is 14.9. The van der Waals surface area contributed by atoms with Crippen molar-refractivity contribution < 1.29 is 28.6 Å². The van der Waals surface area contributed by atoms with E-state index in [1.807, 2.05) is 0 Å². The van der Waals surface area contributed by atoms with E-state index in [0.29, 0.717) is 19.3 Å². The van der Waals surface area contributed by atoms with Gasteiger partial charge in [0, 0.05) is 19.3 Å². The van der Waals surface area contributed by atoms with Crippen LogP contribution in [0.15, 0.2) is 122 Å². The van der Waals surface area contributed by atoms with Gasteiger partial charge in [0.25, 0.3) is 0 Å². The van der Waals surface area contributed by atoms with Crippen molar-refractivity contribution in [1.29, 1.82) is 0 Å². The standard InChI is InChI=1S/C77H130O6/c1-4-7-10-13-16-19-22-25-28-30-32-33-34-35-36-37-38-39-40-41-42-43-45-46-49-52-55-58-61-64-67-70-76(79)82-73-74(72-81-75(78)69-66-63-60-57-54-51-48-27-24-21-18-15-12-9-6-3)83-77(80)71-68-65-62-59-56-53-50-47-44-31-29-26-23-20-17-14-11-8-5-2/h7,9-10,12,16-21,25-29,32-33,48,54,57,74H,4-6,8,11,13-15,22-24,30-31,34-47,49-53,55-56,58-73H2,1-3H3/b10-7-,12-9-,19-16-,20-17-,21-18-,28-25-,29-26-,33-32-,48-27-,57-54-. The Morgan fingerprint density at radius 2 is 0.470 bits per heavy atom. The second-order valence-electron chi connectivity index (χ2n) is 23.0. The summed E-state index contributed by atoms with van der Waals surface area (Å²) in [5.74, 6) is -0.928. The van der Waals surface area contributed by atoms with Crippen LogP contribution in [-0.2, 0) is 28.6 Å². The molecule has 0 rings (SSSR count). The first kappa shape index (κ1) is 78.8. The SMILES string of the molecule is CC/C=C\C/C=C\C/C=C\C/C=C\CCCCCCCCCCCCCCCCCCCCC(=O)OCC(COC(=O)CCCC/C=C\C/C=C\C/C=C\C/C=C\CC)OC(=O)CCCCCCCCCCC/C=C\C/C=C\CCCCC. The third kappa shape index (κ3) is 68.5. The molecule has 0 N–H and O–H groups in total. The Bertz CT molecular complexity index is 1700. The molecule has 0 fully saturated rings. The van der Waals surface area contributed by atoms with E-state index in [4.69, 9.17) is 14.2 Å². The van der Waals surface area contributed by atoms with Crippen LogP contribution in [0.3, 0.4) is 0 Å². The lowest BCUT2D eigenvalue weighted by Gasteiger charge is -2.18. The molecule has 0 radical (unpaired) electrons. The Morgan fingerprint density at radius 1 is 0.253 bits per heavy atom. The van der Waals surface area contributed by atoms with Gasteiger partial charge in [-0.15, -0.1) is 0 Å². The van der Waals surface area contributed by atoms with Crippen molar-refractivity contribution in [2.45, 2.75) is 335 Å². The van der Waals surface area contributed by atoms with Crippen LogP contribution in [0.1, 0.15) is 329 Å². The van der Waals surface area contributed by atoms with Crippen LogP contribution in [-0.4, -0.2) is 37.2 Å². The molecule has 0 saturated carbocycles. The second-order valence-corrected chi connectivity index (χ2v) is 23.0. The summed E-state index contributed by atoms with van der Waals surface area (Å²) in [4.78, 5) is 38.4. The molecular weight excluding hydrogens is 1020 g/mol.